The predicted octanol–water partition coefficient (Wildman–Crippen LogP) is 6.67. The number of thioether (sulfide) groups is 1. The molecule has 3 aromatic rings. The van der Waals surface area contributed by atoms with Crippen LogP contribution in [0.25, 0.3) is 0 Å². The molecule has 0 radical (unpaired) electrons. The van der Waals surface area contributed by atoms with E-state index in [0.717, 1.165) is 11.3 Å². The first-order valence-electron chi connectivity index (χ1n) is 12.2. The van der Waals surface area contributed by atoms with Gasteiger partial charge in [0.15, 0.2) is 0 Å². The Labute approximate surface area is 201 Å². The number of benzene rings is 3. The average molecular weight is 460 g/mol. The van der Waals surface area contributed by atoms with Gasteiger partial charge in [-0.2, -0.15) is 0 Å². The summed E-state index contributed by atoms with van der Waals surface area (Å²) in [6.45, 7) is 4.49. The molecule has 0 unspecified atom stereocenters. The van der Waals surface area contributed by atoms with Gasteiger partial charge < -0.3 is 14.7 Å². The number of phenols is 1. The summed E-state index contributed by atoms with van der Waals surface area (Å²) in [7, 11) is 0. The van der Waals surface area contributed by atoms with Crippen molar-refractivity contribution in [3.8, 4) is 11.5 Å². The van der Waals surface area contributed by atoms with E-state index in [2.05, 4.69) is 59.5 Å². The number of nitrogens with zero attached hydrogens (tertiary/aromatic N) is 1. The molecule has 0 aromatic heterocycles. The van der Waals surface area contributed by atoms with Gasteiger partial charge in [0.1, 0.15) is 11.5 Å². The van der Waals surface area contributed by atoms with Crippen molar-refractivity contribution in [2.75, 3.05) is 32.0 Å². The van der Waals surface area contributed by atoms with Crippen LogP contribution in [-0.4, -0.2) is 42.0 Å². The summed E-state index contributed by atoms with van der Waals surface area (Å²) in [5, 5.41) is 10.2. The Morgan fingerprint density at radius 3 is 2.45 bits per heavy atom. The van der Waals surface area contributed by atoms with E-state index < -0.39 is 0 Å². The molecule has 3 nitrogen and oxygen atoms in total. The molecule has 172 valence electrons. The van der Waals surface area contributed by atoms with Gasteiger partial charge in [0.2, 0.25) is 0 Å². The lowest BCUT2D eigenvalue weighted by Gasteiger charge is -2.34. The molecule has 0 spiro atoms. The summed E-state index contributed by atoms with van der Waals surface area (Å²) in [4.78, 5) is 3.94. The van der Waals surface area contributed by atoms with Crippen LogP contribution in [-0.2, 0) is 0 Å². The largest absolute Gasteiger partial charge is 0.508 e. The Balaban J connectivity index is 1.29. The maximum absolute atomic E-state index is 10.2. The van der Waals surface area contributed by atoms with Crippen molar-refractivity contribution in [1.29, 1.82) is 0 Å². The van der Waals surface area contributed by atoms with Crippen LogP contribution in [0.1, 0.15) is 54.2 Å². The third-order valence-electron chi connectivity index (χ3n) is 6.95. The molecule has 0 amide bonds. The summed E-state index contributed by atoms with van der Waals surface area (Å²) in [6, 6.07) is 25.1. The van der Waals surface area contributed by atoms with E-state index in [1.54, 1.807) is 6.07 Å². The molecule has 2 atom stereocenters. The highest BCUT2D eigenvalue weighted by Crippen LogP contribution is 2.47. The molecule has 0 aliphatic carbocycles. The van der Waals surface area contributed by atoms with Crippen molar-refractivity contribution in [3.63, 3.8) is 0 Å². The Bertz CT molecular complexity index is 1030. The summed E-state index contributed by atoms with van der Waals surface area (Å²) in [5.41, 5.74) is 3.61. The smallest absolute Gasteiger partial charge is 0.123 e. The lowest BCUT2D eigenvalue weighted by molar-refractivity contribution is 0.248. The van der Waals surface area contributed by atoms with E-state index in [9.17, 15) is 5.11 Å². The summed E-state index contributed by atoms with van der Waals surface area (Å²) < 4.78 is 6.12. The summed E-state index contributed by atoms with van der Waals surface area (Å²) in [6.07, 6.45) is 5.32. The van der Waals surface area contributed by atoms with Crippen LogP contribution in [0.4, 0.5) is 0 Å². The fraction of sp³-hybridized carbons (Fsp3) is 0.379. The molecule has 5 rings (SSSR count). The van der Waals surface area contributed by atoms with Gasteiger partial charge in [-0.1, -0.05) is 42.5 Å². The molecule has 4 heteroatoms. The van der Waals surface area contributed by atoms with E-state index in [4.69, 9.17) is 4.74 Å². The maximum Gasteiger partial charge on any atom is 0.123 e. The van der Waals surface area contributed by atoms with Crippen LogP contribution in [0.5, 0.6) is 11.5 Å². The van der Waals surface area contributed by atoms with Crippen LogP contribution >= 0.6 is 11.8 Å². The van der Waals surface area contributed by atoms with Gasteiger partial charge >= 0.3 is 0 Å². The van der Waals surface area contributed by atoms with Crippen LogP contribution in [0.15, 0.2) is 77.7 Å². The Hall–Kier alpha value is -2.43. The molecule has 0 saturated carbocycles. The molecule has 1 saturated heterocycles. The second kappa shape index (κ2) is 10.7. The van der Waals surface area contributed by atoms with E-state index >= 15 is 0 Å². The Morgan fingerprint density at radius 1 is 0.879 bits per heavy atom. The number of rotatable bonds is 8. The normalized spacial score (nSPS) is 20.4. The first kappa shape index (κ1) is 22.4. The first-order valence-corrected chi connectivity index (χ1v) is 13.2. The standard InChI is InChI=1S/C29H33NO2S/c31-24-12-15-28-26(20-24)29(27(21-32-28)22-8-2-1-3-9-22)23-10-13-25(14-11-23)33-19-7-6-18-30-16-4-5-17-30/h1-3,8-15,20,27,29,31H,4-7,16-19,21H2/t27-,29-/m1/s1. The van der Waals surface area contributed by atoms with E-state index in [0.29, 0.717) is 6.61 Å². The molecule has 33 heavy (non-hydrogen) atoms. The van der Waals surface area contributed by atoms with Gasteiger partial charge in [-0.3, -0.25) is 0 Å². The molecule has 1 fully saturated rings. The minimum absolute atomic E-state index is 0.155. The third kappa shape index (κ3) is 5.39. The third-order valence-corrected chi connectivity index (χ3v) is 8.05. The highest BCUT2D eigenvalue weighted by atomic mass is 32.2. The van der Waals surface area contributed by atoms with Gasteiger partial charge in [0.05, 0.1) is 6.61 Å². The lowest BCUT2D eigenvalue weighted by Crippen LogP contribution is -2.25. The Morgan fingerprint density at radius 2 is 1.67 bits per heavy atom. The molecule has 3 aromatic carbocycles. The minimum atomic E-state index is 0.155. The summed E-state index contributed by atoms with van der Waals surface area (Å²) in [5.74, 6) is 2.71. The van der Waals surface area contributed by atoms with Gasteiger partial charge in [-0.25, -0.2) is 0 Å². The number of likely N-dealkylation sites (tertiary alicyclic amines) is 1. The molecular formula is C29H33NO2S. The number of phenolic OH excluding ortho intramolecular Hbond substituents is 1. The molecule has 0 bridgehead atoms. The zero-order valence-electron chi connectivity index (χ0n) is 19.2. The van der Waals surface area contributed by atoms with Gasteiger partial charge in [0, 0.05) is 22.3 Å². The predicted molar refractivity (Wildman–Crippen MR) is 137 cm³/mol. The van der Waals surface area contributed by atoms with Gasteiger partial charge in [-0.05, 0) is 92.5 Å². The van der Waals surface area contributed by atoms with Crippen molar-refractivity contribution >= 4 is 11.8 Å². The molecule has 2 heterocycles. The monoisotopic (exact) mass is 459 g/mol. The van der Waals surface area contributed by atoms with Crippen molar-refractivity contribution in [1.82, 2.24) is 4.90 Å². The van der Waals surface area contributed by atoms with Crippen molar-refractivity contribution in [2.45, 2.75) is 42.4 Å². The second-order valence-corrected chi connectivity index (χ2v) is 10.4. The fourth-order valence-electron chi connectivity index (χ4n) is 5.21. The first-order chi connectivity index (χ1) is 16.3. The van der Waals surface area contributed by atoms with Crippen LogP contribution in [0.2, 0.25) is 0 Å². The number of ether oxygens (including phenoxy) is 1. The van der Waals surface area contributed by atoms with Gasteiger partial charge in [0.25, 0.3) is 0 Å². The minimum Gasteiger partial charge on any atom is -0.508 e. The zero-order chi connectivity index (χ0) is 22.5. The topological polar surface area (TPSA) is 32.7 Å². The number of hydrogen-bond donors (Lipinski definition) is 1. The van der Waals surface area contributed by atoms with E-state index in [1.165, 1.54) is 67.1 Å². The highest BCUT2D eigenvalue weighted by molar-refractivity contribution is 7.99. The van der Waals surface area contributed by atoms with Crippen molar-refractivity contribution in [3.05, 3.63) is 89.5 Å². The zero-order valence-corrected chi connectivity index (χ0v) is 20.0. The molecular weight excluding hydrogens is 426 g/mol. The van der Waals surface area contributed by atoms with Crippen LogP contribution < -0.4 is 4.74 Å². The molecule has 2 aliphatic rings. The van der Waals surface area contributed by atoms with E-state index in [-0.39, 0.29) is 17.6 Å². The maximum atomic E-state index is 10.2. The van der Waals surface area contributed by atoms with Gasteiger partial charge in [-0.15, -0.1) is 11.8 Å². The van der Waals surface area contributed by atoms with Crippen LogP contribution in [0, 0.1) is 0 Å². The van der Waals surface area contributed by atoms with Crippen molar-refractivity contribution in [2.24, 2.45) is 0 Å². The highest BCUT2D eigenvalue weighted by Gasteiger charge is 2.33. The number of aromatic hydroxyl groups is 1. The number of hydrogen-bond acceptors (Lipinski definition) is 4. The fourth-order valence-corrected chi connectivity index (χ4v) is 6.12. The van der Waals surface area contributed by atoms with E-state index in [1.807, 2.05) is 23.9 Å². The Kier molecular flexibility index (Phi) is 7.23. The summed E-state index contributed by atoms with van der Waals surface area (Å²) >= 11 is 1.96. The number of unbranched alkanes of at least 4 members (excludes halogenated alkanes) is 1. The quantitative estimate of drug-likeness (QED) is 0.301. The number of fused-ring (bicyclic) bond motifs is 1. The average Bonchev–Trinajstić information content (AvgIpc) is 3.38. The van der Waals surface area contributed by atoms with Crippen LogP contribution in [0.3, 0.4) is 0 Å². The second-order valence-electron chi connectivity index (χ2n) is 9.20. The van der Waals surface area contributed by atoms with Crippen molar-refractivity contribution < 1.29 is 9.84 Å². The molecule has 2 aliphatic heterocycles. The molecule has 1 N–H and O–H groups in total. The lowest BCUT2D eigenvalue weighted by atomic mass is 9.76. The SMILES string of the molecule is Oc1ccc2c(c1)[C@@H](c1ccc(SCCCCN3CCCC3)cc1)[C@@H](c1ccccc1)CO2.